The van der Waals surface area contributed by atoms with Crippen LogP contribution >= 0.6 is 0 Å². The fourth-order valence-corrected chi connectivity index (χ4v) is 1.43. The van der Waals surface area contributed by atoms with Gasteiger partial charge in [-0.1, -0.05) is 30.4 Å². The average molecular weight is 219 g/mol. The van der Waals surface area contributed by atoms with Crippen LogP contribution < -0.4 is 10.1 Å². The number of hydrogen-bond acceptors (Lipinski definition) is 2. The Morgan fingerprint density at radius 2 is 2.06 bits per heavy atom. The first kappa shape index (κ1) is 12.8. The number of nitrogens with one attached hydrogen (secondary N) is 1. The van der Waals surface area contributed by atoms with Crippen molar-refractivity contribution in [2.45, 2.75) is 33.4 Å². The molecule has 2 nitrogen and oxygen atoms in total. The number of para-hydroxylation sites is 1. The SMILES string of the molecule is C=C(C)CNCc1ccccc1OC(C)C. The third-order valence-corrected chi connectivity index (χ3v) is 2.08. The number of rotatable bonds is 6. The molecule has 0 bridgehead atoms. The highest BCUT2D eigenvalue weighted by Gasteiger charge is 2.03. The van der Waals surface area contributed by atoms with Gasteiger partial charge in [0.2, 0.25) is 0 Å². The molecule has 1 aromatic rings. The quantitative estimate of drug-likeness (QED) is 0.742. The zero-order valence-corrected chi connectivity index (χ0v) is 10.4. The van der Waals surface area contributed by atoms with Crippen molar-refractivity contribution in [2.24, 2.45) is 0 Å². The van der Waals surface area contributed by atoms with Crippen molar-refractivity contribution in [1.29, 1.82) is 0 Å². The van der Waals surface area contributed by atoms with Gasteiger partial charge in [-0.25, -0.2) is 0 Å². The summed E-state index contributed by atoms with van der Waals surface area (Å²) in [4.78, 5) is 0. The van der Waals surface area contributed by atoms with Gasteiger partial charge in [-0.3, -0.25) is 0 Å². The van der Waals surface area contributed by atoms with E-state index in [9.17, 15) is 0 Å². The molecule has 2 heteroatoms. The Hall–Kier alpha value is -1.28. The molecule has 0 atom stereocenters. The van der Waals surface area contributed by atoms with E-state index in [0.29, 0.717) is 0 Å². The van der Waals surface area contributed by atoms with Crippen molar-refractivity contribution in [3.05, 3.63) is 42.0 Å². The minimum Gasteiger partial charge on any atom is -0.491 e. The second-order valence-corrected chi connectivity index (χ2v) is 4.33. The summed E-state index contributed by atoms with van der Waals surface area (Å²) >= 11 is 0. The highest BCUT2D eigenvalue weighted by molar-refractivity contribution is 5.33. The molecule has 0 aromatic heterocycles. The van der Waals surface area contributed by atoms with E-state index >= 15 is 0 Å². The largest absolute Gasteiger partial charge is 0.491 e. The van der Waals surface area contributed by atoms with E-state index in [-0.39, 0.29) is 6.10 Å². The first-order chi connectivity index (χ1) is 7.59. The van der Waals surface area contributed by atoms with Crippen LogP contribution in [0.1, 0.15) is 26.3 Å². The molecule has 0 saturated heterocycles. The Morgan fingerprint density at radius 3 is 2.69 bits per heavy atom. The lowest BCUT2D eigenvalue weighted by Gasteiger charge is -2.14. The summed E-state index contributed by atoms with van der Waals surface area (Å²) in [6, 6.07) is 8.13. The van der Waals surface area contributed by atoms with Crippen LogP contribution in [-0.4, -0.2) is 12.6 Å². The predicted molar refractivity (Wildman–Crippen MR) is 68.7 cm³/mol. The summed E-state index contributed by atoms with van der Waals surface area (Å²) in [5, 5.41) is 3.34. The van der Waals surface area contributed by atoms with Crippen molar-refractivity contribution in [2.75, 3.05) is 6.54 Å². The molecular weight excluding hydrogens is 198 g/mol. The maximum absolute atomic E-state index is 5.74. The van der Waals surface area contributed by atoms with E-state index in [2.05, 4.69) is 18.0 Å². The van der Waals surface area contributed by atoms with Gasteiger partial charge in [0.05, 0.1) is 6.10 Å². The molecule has 0 radical (unpaired) electrons. The predicted octanol–water partition coefficient (Wildman–Crippen LogP) is 3.14. The lowest BCUT2D eigenvalue weighted by molar-refractivity contribution is 0.239. The molecule has 0 spiro atoms. The van der Waals surface area contributed by atoms with Crippen LogP contribution in [0.15, 0.2) is 36.4 Å². The van der Waals surface area contributed by atoms with Gasteiger partial charge in [-0.2, -0.15) is 0 Å². The molecule has 0 aliphatic carbocycles. The number of hydrogen-bond donors (Lipinski definition) is 1. The minimum atomic E-state index is 0.210. The summed E-state index contributed by atoms with van der Waals surface area (Å²) in [6.45, 7) is 11.6. The lowest BCUT2D eigenvalue weighted by Crippen LogP contribution is -2.16. The van der Waals surface area contributed by atoms with Crippen LogP contribution in [0.2, 0.25) is 0 Å². The van der Waals surface area contributed by atoms with Crippen LogP contribution in [0.5, 0.6) is 5.75 Å². The monoisotopic (exact) mass is 219 g/mol. The van der Waals surface area contributed by atoms with Crippen LogP contribution in [-0.2, 0) is 6.54 Å². The van der Waals surface area contributed by atoms with E-state index in [1.165, 1.54) is 5.56 Å². The number of benzene rings is 1. The van der Waals surface area contributed by atoms with Gasteiger partial charge in [0, 0.05) is 18.7 Å². The van der Waals surface area contributed by atoms with Gasteiger partial charge in [0.15, 0.2) is 0 Å². The fourth-order valence-electron chi connectivity index (χ4n) is 1.43. The van der Waals surface area contributed by atoms with E-state index < -0.39 is 0 Å². The first-order valence-electron chi connectivity index (χ1n) is 5.69. The third-order valence-electron chi connectivity index (χ3n) is 2.08. The summed E-state index contributed by atoms with van der Waals surface area (Å²) in [5.74, 6) is 0.965. The zero-order chi connectivity index (χ0) is 12.0. The molecule has 0 aliphatic rings. The van der Waals surface area contributed by atoms with E-state index in [4.69, 9.17) is 4.74 Å². The molecule has 0 aliphatic heterocycles. The summed E-state index contributed by atoms with van der Waals surface area (Å²) in [7, 11) is 0. The van der Waals surface area contributed by atoms with Crippen LogP contribution in [0.25, 0.3) is 0 Å². The van der Waals surface area contributed by atoms with Gasteiger partial charge >= 0.3 is 0 Å². The normalized spacial score (nSPS) is 10.5. The standard InChI is InChI=1S/C14H21NO/c1-11(2)9-15-10-13-7-5-6-8-14(13)16-12(3)4/h5-8,12,15H,1,9-10H2,2-4H3. The van der Waals surface area contributed by atoms with Gasteiger partial charge in [0.25, 0.3) is 0 Å². The Morgan fingerprint density at radius 1 is 1.38 bits per heavy atom. The number of ether oxygens (including phenoxy) is 1. The van der Waals surface area contributed by atoms with Crippen molar-refractivity contribution >= 4 is 0 Å². The maximum Gasteiger partial charge on any atom is 0.124 e. The summed E-state index contributed by atoms with van der Waals surface area (Å²) in [6.07, 6.45) is 0.210. The highest BCUT2D eigenvalue weighted by Crippen LogP contribution is 2.18. The molecule has 0 heterocycles. The van der Waals surface area contributed by atoms with Gasteiger partial charge < -0.3 is 10.1 Å². The summed E-state index contributed by atoms with van der Waals surface area (Å²) < 4.78 is 5.74. The third kappa shape index (κ3) is 4.49. The first-order valence-corrected chi connectivity index (χ1v) is 5.69. The van der Waals surface area contributed by atoms with E-state index in [1.807, 2.05) is 39.0 Å². The van der Waals surface area contributed by atoms with Gasteiger partial charge in [-0.05, 0) is 26.8 Å². The molecule has 1 N–H and O–H groups in total. The maximum atomic E-state index is 5.74. The smallest absolute Gasteiger partial charge is 0.124 e. The van der Waals surface area contributed by atoms with Crippen LogP contribution in [0.3, 0.4) is 0 Å². The average Bonchev–Trinajstić information content (AvgIpc) is 2.19. The molecular formula is C14H21NO. The van der Waals surface area contributed by atoms with Gasteiger partial charge in [-0.15, -0.1) is 0 Å². The Balaban J connectivity index is 2.60. The zero-order valence-electron chi connectivity index (χ0n) is 10.4. The minimum absolute atomic E-state index is 0.210. The lowest BCUT2D eigenvalue weighted by atomic mass is 10.2. The highest BCUT2D eigenvalue weighted by atomic mass is 16.5. The van der Waals surface area contributed by atoms with Crippen LogP contribution in [0.4, 0.5) is 0 Å². The fraction of sp³-hybridized carbons (Fsp3) is 0.429. The van der Waals surface area contributed by atoms with Crippen molar-refractivity contribution < 1.29 is 4.74 Å². The molecule has 88 valence electrons. The van der Waals surface area contributed by atoms with Crippen molar-refractivity contribution in [1.82, 2.24) is 5.32 Å². The second kappa shape index (κ2) is 6.33. The van der Waals surface area contributed by atoms with Crippen LogP contribution in [0, 0.1) is 0 Å². The summed E-state index contributed by atoms with van der Waals surface area (Å²) in [5.41, 5.74) is 2.33. The molecule has 0 amide bonds. The van der Waals surface area contributed by atoms with Crippen molar-refractivity contribution in [3.63, 3.8) is 0 Å². The molecule has 0 saturated carbocycles. The Labute approximate surface area is 98.3 Å². The van der Waals surface area contributed by atoms with E-state index in [1.54, 1.807) is 0 Å². The second-order valence-electron chi connectivity index (χ2n) is 4.33. The molecule has 0 unspecified atom stereocenters. The molecule has 16 heavy (non-hydrogen) atoms. The van der Waals surface area contributed by atoms with Gasteiger partial charge in [0.1, 0.15) is 5.75 Å². The van der Waals surface area contributed by atoms with Crippen molar-refractivity contribution in [3.8, 4) is 5.75 Å². The Kier molecular flexibility index (Phi) is 5.06. The topological polar surface area (TPSA) is 21.3 Å². The molecule has 0 fully saturated rings. The van der Waals surface area contributed by atoms with E-state index in [0.717, 1.165) is 24.4 Å². The molecule has 1 aromatic carbocycles. The molecule has 1 rings (SSSR count). The Bertz CT molecular complexity index is 344.